The molecule has 1 N–H and O–H groups in total. The van der Waals surface area contributed by atoms with Crippen LogP contribution in [0.1, 0.15) is 27.6 Å². The maximum absolute atomic E-state index is 13.3. The molecule has 1 aliphatic heterocycles. The van der Waals surface area contributed by atoms with Crippen molar-refractivity contribution in [2.24, 2.45) is 0 Å². The number of esters is 1. The largest absolute Gasteiger partial charge is 0.462 e. The molecule has 4 rings (SSSR count). The third-order valence-corrected chi connectivity index (χ3v) is 6.18. The number of amides is 1. The Labute approximate surface area is 189 Å². The number of nitrogens with one attached hydrogen (secondary N) is 1. The highest BCUT2D eigenvalue weighted by Gasteiger charge is 2.23. The summed E-state index contributed by atoms with van der Waals surface area (Å²) in [5.74, 6) is 1.38. The first kappa shape index (κ1) is 21.5. The van der Waals surface area contributed by atoms with E-state index in [-0.39, 0.29) is 5.91 Å². The van der Waals surface area contributed by atoms with E-state index >= 15 is 0 Å². The highest BCUT2D eigenvalue weighted by molar-refractivity contribution is 7.99. The van der Waals surface area contributed by atoms with Crippen LogP contribution in [0, 0.1) is 0 Å². The molecule has 1 aromatic heterocycles. The number of anilines is 2. The lowest BCUT2D eigenvalue weighted by Gasteiger charge is -2.27. The minimum Gasteiger partial charge on any atom is -0.462 e. The first-order valence-corrected chi connectivity index (χ1v) is 11.6. The fourth-order valence-corrected chi connectivity index (χ4v) is 4.56. The van der Waals surface area contributed by atoms with Crippen molar-refractivity contribution in [2.45, 2.75) is 6.92 Å². The molecule has 0 atom stereocenters. The lowest BCUT2D eigenvalue weighted by atomic mass is 10.1. The van der Waals surface area contributed by atoms with Crippen LogP contribution in [0.2, 0.25) is 5.02 Å². The summed E-state index contributed by atoms with van der Waals surface area (Å²) in [5, 5.41) is 4.64. The second-order valence-electron chi connectivity index (χ2n) is 7.04. The molecule has 0 bridgehead atoms. The van der Waals surface area contributed by atoms with Crippen LogP contribution in [-0.4, -0.2) is 53.0 Å². The Hall–Kier alpha value is -2.77. The molecule has 0 radical (unpaired) electrons. The number of ether oxygens (including phenoxy) is 1. The molecular formula is C23H22ClN3O3S. The molecule has 1 amide bonds. The maximum Gasteiger partial charge on any atom is 0.338 e. The van der Waals surface area contributed by atoms with Gasteiger partial charge in [0, 0.05) is 46.9 Å². The molecular weight excluding hydrogens is 434 g/mol. The summed E-state index contributed by atoms with van der Waals surface area (Å²) in [6, 6.07) is 12.4. The Bertz CT molecular complexity index is 1130. The highest BCUT2D eigenvalue weighted by Crippen LogP contribution is 2.32. The zero-order valence-electron chi connectivity index (χ0n) is 17.1. The van der Waals surface area contributed by atoms with Crippen LogP contribution in [0.3, 0.4) is 0 Å². The second-order valence-corrected chi connectivity index (χ2v) is 8.70. The second kappa shape index (κ2) is 9.58. The highest BCUT2D eigenvalue weighted by atomic mass is 35.5. The van der Waals surface area contributed by atoms with Gasteiger partial charge in [-0.25, -0.2) is 4.79 Å². The van der Waals surface area contributed by atoms with Gasteiger partial charge in [-0.2, -0.15) is 11.8 Å². The Kier molecular flexibility index (Phi) is 6.63. The predicted octanol–water partition coefficient (Wildman–Crippen LogP) is 5.00. The van der Waals surface area contributed by atoms with Gasteiger partial charge in [-0.15, -0.1) is 0 Å². The number of benzene rings is 2. The van der Waals surface area contributed by atoms with E-state index in [1.54, 1.807) is 43.5 Å². The standard InChI is InChI=1S/C23H22ClN3O3S/c1-2-30-23(29)15-4-3-5-17(12-15)26-21-18-13-16(24)6-7-20(18)25-14-19(21)22(28)27-8-10-31-11-9-27/h3-7,12-14H,2,8-11H2,1H3,(H,25,26). The first-order valence-electron chi connectivity index (χ1n) is 10.1. The zero-order chi connectivity index (χ0) is 21.8. The number of thioether (sulfide) groups is 1. The number of halogens is 1. The van der Waals surface area contributed by atoms with Gasteiger partial charge in [-0.05, 0) is 43.3 Å². The molecule has 0 unspecified atom stereocenters. The summed E-state index contributed by atoms with van der Waals surface area (Å²) in [6.07, 6.45) is 1.61. The van der Waals surface area contributed by atoms with E-state index in [9.17, 15) is 9.59 Å². The van der Waals surface area contributed by atoms with E-state index < -0.39 is 5.97 Å². The van der Waals surface area contributed by atoms with Crippen molar-refractivity contribution in [3.63, 3.8) is 0 Å². The van der Waals surface area contributed by atoms with Crippen LogP contribution in [0.4, 0.5) is 11.4 Å². The molecule has 2 aromatic carbocycles. The number of pyridine rings is 1. The van der Waals surface area contributed by atoms with Gasteiger partial charge in [-0.1, -0.05) is 17.7 Å². The monoisotopic (exact) mass is 455 g/mol. The van der Waals surface area contributed by atoms with E-state index in [0.29, 0.717) is 47.2 Å². The van der Waals surface area contributed by atoms with Crippen molar-refractivity contribution in [2.75, 3.05) is 36.5 Å². The van der Waals surface area contributed by atoms with Gasteiger partial charge in [0.2, 0.25) is 0 Å². The van der Waals surface area contributed by atoms with Gasteiger partial charge in [0.1, 0.15) is 0 Å². The maximum atomic E-state index is 13.3. The van der Waals surface area contributed by atoms with E-state index in [2.05, 4.69) is 10.3 Å². The molecule has 31 heavy (non-hydrogen) atoms. The SMILES string of the molecule is CCOC(=O)c1cccc(Nc2c(C(=O)N3CCSCC3)cnc3ccc(Cl)cc23)c1. The topological polar surface area (TPSA) is 71.5 Å². The summed E-state index contributed by atoms with van der Waals surface area (Å²) in [4.78, 5) is 31.8. The summed E-state index contributed by atoms with van der Waals surface area (Å²) in [7, 11) is 0. The van der Waals surface area contributed by atoms with E-state index in [0.717, 1.165) is 22.4 Å². The van der Waals surface area contributed by atoms with E-state index in [1.807, 2.05) is 28.8 Å². The van der Waals surface area contributed by atoms with Crippen LogP contribution >= 0.6 is 23.4 Å². The minimum atomic E-state index is -0.393. The minimum absolute atomic E-state index is 0.0706. The normalized spacial score (nSPS) is 13.8. The van der Waals surface area contributed by atoms with Gasteiger partial charge in [0.25, 0.3) is 5.91 Å². The van der Waals surface area contributed by atoms with Gasteiger partial charge >= 0.3 is 5.97 Å². The Morgan fingerprint density at radius 3 is 2.77 bits per heavy atom. The summed E-state index contributed by atoms with van der Waals surface area (Å²) >= 11 is 8.11. The van der Waals surface area contributed by atoms with Crippen LogP contribution in [0.15, 0.2) is 48.7 Å². The smallest absolute Gasteiger partial charge is 0.338 e. The molecule has 1 fully saturated rings. The number of carbonyl (C=O) groups is 2. The fourth-order valence-electron chi connectivity index (χ4n) is 3.48. The Balaban J connectivity index is 1.77. The lowest BCUT2D eigenvalue weighted by molar-refractivity contribution is 0.0526. The molecule has 0 saturated carbocycles. The molecule has 8 heteroatoms. The number of rotatable bonds is 5. The molecule has 0 spiro atoms. The fraction of sp³-hybridized carbons (Fsp3) is 0.261. The Morgan fingerprint density at radius 1 is 1.19 bits per heavy atom. The van der Waals surface area contributed by atoms with Gasteiger partial charge < -0.3 is 15.0 Å². The van der Waals surface area contributed by atoms with Gasteiger partial charge in [-0.3, -0.25) is 9.78 Å². The summed E-state index contributed by atoms with van der Waals surface area (Å²) < 4.78 is 5.10. The average Bonchev–Trinajstić information content (AvgIpc) is 2.80. The first-order chi connectivity index (χ1) is 15.1. The molecule has 160 valence electrons. The summed E-state index contributed by atoms with van der Waals surface area (Å²) in [6.45, 7) is 3.48. The molecule has 1 saturated heterocycles. The third-order valence-electron chi connectivity index (χ3n) is 5.00. The number of nitrogens with zero attached hydrogens (tertiary/aromatic N) is 2. The van der Waals surface area contributed by atoms with Gasteiger partial charge in [0.15, 0.2) is 0 Å². The predicted molar refractivity (Wildman–Crippen MR) is 126 cm³/mol. The number of fused-ring (bicyclic) bond motifs is 1. The molecule has 6 nitrogen and oxygen atoms in total. The Morgan fingerprint density at radius 2 is 2.00 bits per heavy atom. The molecule has 3 aromatic rings. The van der Waals surface area contributed by atoms with Crippen molar-refractivity contribution >= 4 is 57.5 Å². The van der Waals surface area contributed by atoms with E-state index in [1.165, 1.54) is 0 Å². The van der Waals surface area contributed by atoms with Crippen molar-refractivity contribution in [1.29, 1.82) is 0 Å². The van der Waals surface area contributed by atoms with Crippen molar-refractivity contribution < 1.29 is 14.3 Å². The quantitative estimate of drug-likeness (QED) is 0.546. The lowest BCUT2D eigenvalue weighted by Crippen LogP contribution is -2.38. The van der Waals surface area contributed by atoms with Crippen molar-refractivity contribution in [3.05, 3.63) is 64.8 Å². The van der Waals surface area contributed by atoms with Crippen molar-refractivity contribution in [1.82, 2.24) is 9.88 Å². The number of hydrogen-bond acceptors (Lipinski definition) is 6. The molecule has 0 aliphatic carbocycles. The number of aromatic nitrogens is 1. The zero-order valence-corrected chi connectivity index (χ0v) is 18.6. The average molecular weight is 456 g/mol. The van der Waals surface area contributed by atoms with Gasteiger partial charge in [0.05, 0.1) is 28.9 Å². The van der Waals surface area contributed by atoms with Crippen LogP contribution in [0.25, 0.3) is 10.9 Å². The third kappa shape index (κ3) is 4.78. The van der Waals surface area contributed by atoms with Crippen LogP contribution < -0.4 is 5.32 Å². The number of hydrogen-bond donors (Lipinski definition) is 1. The van der Waals surface area contributed by atoms with Crippen molar-refractivity contribution in [3.8, 4) is 0 Å². The number of carbonyl (C=O) groups excluding carboxylic acids is 2. The van der Waals surface area contributed by atoms with E-state index in [4.69, 9.17) is 16.3 Å². The molecule has 1 aliphatic rings. The van der Waals surface area contributed by atoms with Crippen LogP contribution in [0.5, 0.6) is 0 Å². The molecule has 2 heterocycles. The van der Waals surface area contributed by atoms with Crippen LogP contribution in [-0.2, 0) is 4.74 Å². The summed E-state index contributed by atoms with van der Waals surface area (Å²) in [5.41, 5.74) is 2.92.